The van der Waals surface area contributed by atoms with Crippen LogP contribution in [0.3, 0.4) is 0 Å². The summed E-state index contributed by atoms with van der Waals surface area (Å²) in [6.07, 6.45) is 11.8. The lowest BCUT2D eigenvalue weighted by Gasteiger charge is -2.27. The lowest BCUT2D eigenvalue weighted by Crippen LogP contribution is -2.48. The zero-order valence-electron chi connectivity index (χ0n) is 12.6. The summed E-state index contributed by atoms with van der Waals surface area (Å²) in [6, 6.07) is -0.528. The number of aliphatic hydroxyl groups excluding tert-OH is 1. The predicted octanol–water partition coefficient (Wildman–Crippen LogP) is 0.286. The van der Waals surface area contributed by atoms with Crippen LogP contribution in [0.1, 0.15) is 25.7 Å². The Bertz CT molecular complexity index is 436. The van der Waals surface area contributed by atoms with Crippen LogP contribution < -0.4 is 5.32 Å². The highest BCUT2D eigenvalue weighted by molar-refractivity contribution is 5.84. The molecule has 0 aromatic rings. The molecule has 0 spiro atoms. The molecule has 121 valence electrons. The van der Waals surface area contributed by atoms with Crippen LogP contribution in [0, 0.1) is 0 Å². The number of nitrogens with one attached hydrogen (secondary N) is 1. The van der Waals surface area contributed by atoms with Crippen LogP contribution in [0.5, 0.6) is 0 Å². The summed E-state index contributed by atoms with van der Waals surface area (Å²) < 4.78 is 5.62. The second kappa shape index (κ2) is 8.70. The second-order valence-electron chi connectivity index (χ2n) is 5.65. The number of hydrogen-bond donors (Lipinski definition) is 2. The van der Waals surface area contributed by atoms with Crippen molar-refractivity contribution in [3.8, 4) is 0 Å². The molecule has 2 unspecified atom stereocenters. The van der Waals surface area contributed by atoms with Gasteiger partial charge in [0, 0.05) is 13.1 Å². The van der Waals surface area contributed by atoms with Crippen molar-refractivity contribution in [1.29, 1.82) is 0 Å². The molecule has 2 rings (SSSR count). The van der Waals surface area contributed by atoms with Crippen LogP contribution in [-0.4, -0.2) is 60.3 Å². The Morgan fingerprint density at radius 1 is 1.45 bits per heavy atom. The number of β-amino-alcohol motifs (C(OH)–C–C–N with tert-alkyl or cyclic N) is 1. The third-order valence-electron chi connectivity index (χ3n) is 3.89. The van der Waals surface area contributed by atoms with Crippen LogP contribution in [0.25, 0.3) is 0 Å². The number of carbonyl (C=O) groups excluding carboxylic acids is 2. The quantitative estimate of drug-likeness (QED) is 0.663. The molecule has 22 heavy (non-hydrogen) atoms. The topological polar surface area (TPSA) is 78.9 Å². The normalized spacial score (nSPS) is 26.6. The van der Waals surface area contributed by atoms with Crippen molar-refractivity contribution in [3.05, 3.63) is 24.3 Å². The molecule has 0 aromatic heterocycles. The van der Waals surface area contributed by atoms with Gasteiger partial charge in [-0.2, -0.15) is 0 Å². The van der Waals surface area contributed by atoms with Gasteiger partial charge in [-0.25, -0.2) is 0 Å². The summed E-state index contributed by atoms with van der Waals surface area (Å²) in [5.41, 5.74) is 0. The van der Waals surface area contributed by atoms with Crippen molar-refractivity contribution in [1.82, 2.24) is 10.2 Å². The molecule has 6 heteroatoms. The van der Waals surface area contributed by atoms with Crippen LogP contribution >= 0.6 is 0 Å². The van der Waals surface area contributed by atoms with Crippen molar-refractivity contribution in [3.63, 3.8) is 0 Å². The maximum Gasteiger partial charge on any atom is 0.309 e. The molecule has 2 amide bonds. The predicted molar refractivity (Wildman–Crippen MR) is 81.7 cm³/mol. The Labute approximate surface area is 130 Å². The van der Waals surface area contributed by atoms with Crippen molar-refractivity contribution < 1.29 is 19.4 Å². The van der Waals surface area contributed by atoms with Crippen LogP contribution in [0.15, 0.2) is 24.3 Å². The van der Waals surface area contributed by atoms with E-state index in [-0.39, 0.29) is 25.2 Å². The van der Waals surface area contributed by atoms with Crippen molar-refractivity contribution >= 4 is 12.3 Å². The molecule has 1 radical (unpaired) electrons. The summed E-state index contributed by atoms with van der Waals surface area (Å²) in [7, 11) is 0. The van der Waals surface area contributed by atoms with E-state index in [9.17, 15) is 14.7 Å². The van der Waals surface area contributed by atoms with Crippen LogP contribution in [0.4, 0.5) is 0 Å². The van der Waals surface area contributed by atoms with Gasteiger partial charge >= 0.3 is 6.41 Å². The average molecular weight is 307 g/mol. The Kier molecular flexibility index (Phi) is 6.61. The van der Waals surface area contributed by atoms with Gasteiger partial charge in [-0.3, -0.25) is 9.59 Å². The minimum absolute atomic E-state index is 0.0152. The molecule has 1 heterocycles. The van der Waals surface area contributed by atoms with Crippen molar-refractivity contribution in [2.45, 2.75) is 43.9 Å². The number of aliphatic hydroxyl groups is 1. The minimum Gasteiger partial charge on any atom is -0.389 e. The minimum atomic E-state index is -0.734. The first kappa shape index (κ1) is 16.7. The zero-order valence-corrected chi connectivity index (χ0v) is 12.6. The third kappa shape index (κ3) is 4.96. The number of hydrogen-bond acceptors (Lipinski definition) is 4. The van der Waals surface area contributed by atoms with Gasteiger partial charge in [-0.05, 0) is 25.7 Å². The molecule has 3 atom stereocenters. The SMILES string of the molecule is O=[C]N[C@H]1CCCCN(CC(O)COC2C=CC=CC2)C1=O. The molecule has 0 aromatic carbocycles. The van der Waals surface area contributed by atoms with Crippen LogP contribution in [0.2, 0.25) is 0 Å². The Morgan fingerprint density at radius 3 is 3.05 bits per heavy atom. The summed E-state index contributed by atoms with van der Waals surface area (Å²) >= 11 is 0. The fraction of sp³-hybridized carbons (Fsp3) is 0.625. The van der Waals surface area contributed by atoms with Gasteiger partial charge in [0.15, 0.2) is 0 Å². The van der Waals surface area contributed by atoms with Gasteiger partial charge in [-0.15, -0.1) is 0 Å². The highest BCUT2D eigenvalue weighted by atomic mass is 16.5. The molecule has 6 nitrogen and oxygen atoms in total. The number of likely N-dealkylation sites (tertiary alicyclic amines) is 1. The Morgan fingerprint density at radius 2 is 2.32 bits per heavy atom. The smallest absolute Gasteiger partial charge is 0.309 e. The van der Waals surface area contributed by atoms with E-state index in [4.69, 9.17) is 4.74 Å². The van der Waals surface area contributed by atoms with E-state index in [0.717, 1.165) is 19.3 Å². The van der Waals surface area contributed by atoms with Gasteiger partial charge in [0.05, 0.1) is 18.8 Å². The number of rotatable bonds is 7. The highest BCUT2D eigenvalue weighted by Gasteiger charge is 2.28. The van der Waals surface area contributed by atoms with E-state index in [1.165, 1.54) is 0 Å². The molecule has 1 saturated heterocycles. The van der Waals surface area contributed by atoms with Gasteiger partial charge in [-0.1, -0.05) is 24.3 Å². The van der Waals surface area contributed by atoms with Crippen molar-refractivity contribution in [2.24, 2.45) is 0 Å². The summed E-state index contributed by atoms with van der Waals surface area (Å²) in [5, 5.41) is 12.5. The van der Waals surface area contributed by atoms with E-state index in [1.807, 2.05) is 24.3 Å². The average Bonchev–Trinajstić information content (AvgIpc) is 2.70. The van der Waals surface area contributed by atoms with Crippen LogP contribution in [-0.2, 0) is 14.3 Å². The summed E-state index contributed by atoms with van der Waals surface area (Å²) in [6.45, 7) is 1.01. The maximum absolute atomic E-state index is 12.3. The highest BCUT2D eigenvalue weighted by Crippen LogP contribution is 2.13. The molecule has 0 bridgehead atoms. The Hall–Kier alpha value is -1.66. The molecule has 2 N–H and O–H groups in total. The molecule has 1 fully saturated rings. The van der Waals surface area contributed by atoms with E-state index in [1.54, 1.807) is 11.3 Å². The number of ether oxygens (including phenoxy) is 1. The molecular formula is C16H23N2O4. The van der Waals surface area contributed by atoms with Gasteiger partial charge < -0.3 is 20.1 Å². The molecule has 1 aliphatic heterocycles. The first-order chi connectivity index (χ1) is 10.7. The number of allylic oxidation sites excluding steroid dienone is 2. The maximum atomic E-state index is 12.3. The monoisotopic (exact) mass is 307 g/mol. The number of nitrogens with zero attached hydrogens (tertiary/aromatic N) is 1. The van der Waals surface area contributed by atoms with Gasteiger partial charge in [0.25, 0.3) is 0 Å². The molecule has 0 saturated carbocycles. The summed E-state index contributed by atoms with van der Waals surface area (Å²) in [5.74, 6) is -0.152. The fourth-order valence-electron chi connectivity index (χ4n) is 2.71. The number of amides is 2. The largest absolute Gasteiger partial charge is 0.389 e. The Balaban J connectivity index is 1.79. The summed E-state index contributed by atoms with van der Waals surface area (Å²) in [4.78, 5) is 24.3. The molecule has 2 aliphatic rings. The molecule has 1 aliphatic carbocycles. The first-order valence-corrected chi connectivity index (χ1v) is 7.75. The van der Waals surface area contributed by atoms with Crippen molar-refractivity contribution in [2.75, 3.05) is 19.7 Å². The number of carbonyl (C=O) groups is 1. The van der Waals surface area contributed by atoms with E-state index in [0.29, 0.717) is 13.0 Å². The van der Waals surface area contributed by atoms with Gasteiger partial charge in [0.2, 0.25) is 5.91 Å². The standard InChI is InChI=1S/C16H23N2O4/c19-12-17-15-8-4-5-9-18(16(15)21)10-13(20)11-22-14-6-2-1-3-7-14/h1-3,6,13-15,20H,4-5,7-11H2,(H,17,19)/t13?,14?,15-/m0/s1. The van der Waals surface area contributed by atoms with E-state index in [2.05, 4.69) is 5.32 Å². The third-order valence-corrected chi connectivity index (χ3v) is 3.89. The molecular weight excluding hydrogens is 284 g/mol. The second-order valence-corrected chi connectivity index (χ2v) is 5.65. The lowest BCUT2D eigenvalue weighted by atomic mass is 10.1. The first-order valence-electron chi connectivity index (χ1n) is 7.75. The van der Waals surface area contributed by atoms with E-state index < -0.39 is 12.1 Å². The lowest BCUT2D eigenvalue weighted by molar-refractivity contribution is -0.134. The van der Waals surface area contributed by atoms with E-state index >= 15 is 0 Å². The fourth-order valence-corrected chi connectivity index (χ4v) is 2.71. The zero-order chi connectivity index (χ0) is 15.8. The van der Waals surface area contributed by atoms with Gasteiger partial charge in [0.1, 0.15) is 6.04 Å².